The van der Waals surface area contributed by atoms with Crippen LogP contribution >= 0.6 is 22.9 Å². The minimum absolute atomic E-state index is 0.0808. The van der Waals surface area contributed by atoms with Crippen molar-refractivity contribution < 1.29 is 22.7 Å². The molecule has 1 aliphatic heterocycles. The lowest BCUT2D eigenvalue weighted by Gasteiger charge is -2.23. The number of aromatic nitrogens is 1. The van der Waals surface area contributed by atoms with Gasteiger partial charge >= 0.3 is 0 Å². The number of halogens is 1. The third kappa shape index (κ3) is 5.78. The van der Waals surface area contributed by atoms with E-state index in [1.807, 2.05) is 25.1 Å². The van der Waals surface area contributed by atoms with Gasteiger partial charge in [-0.15, -0.1) is 0 Å². The third-order valence-electron chi connectivity index (χ3n) is 6.06. The predicted molar refractivity (Wildman–Crippen MR) is 150 cm³/mol. The van der Waals surface area contributed by atoms with E-state index in [1.54, 1.807) is 29.2 Å². The summed E-state index contributed by atoms with van der Waals surface area (Å²) in [5.74, 6) is 0.430. The summed E-state index contributed by atoms with van der Waals surface area (Å²) in [4.78, 5) is 20.2. The average Bonchev–Trinajstić information content (AvgIpc) is 3.58. The molecule has 11 heteroatoms. The van der Waals surface area contributed by atoms with Crippen LogP contribution in [0.4, 0.5) is 10.8 Å². The van der Waals surface area contributed by atoms with E-state index in [2.05, 4.69) is 4.72 Å². The van der Waals surface area contributed by atoms with Crippen molar-refractivity contribution in [2.75, 3.05) is 29.4 Å². The smallest absolute Gasteiger partial charge is 0.261 e. The maximum absolute atomic E-state index is 13.7. The van der Waals surface area contributed by atoms with Gasteiger partial charge in [-0.2, -0.15) is 0 Å². The largest absolute Gasteiger partial charge is 0.492 e. The number of hydrogen-bond acceptors (Lipinski definition) is 7. The average molecular weight is 572 g/mol. The maximum Gasteiger partial charge on any atom is 0.261 e. The van der Waals surface area contributed by atoms with Gasteiger partial charge in [-0.1, -0.05) is 29.0 Å². The molecular formula is C27H26ClN3O5S2. The third-order valence-corrected chi connectivity index (χ3v) is 8.76. The van der Waals surface area contributed by atoms with Crippen molar-refractivity contribution in [3.63, 3.8) is 0 Å². The van der Waals surface area contributed by atoms with Crippen LogP contribution in [0.1, 0.15) is 30.1 Å². The Bertz CT molecular complexity index is 1530. The highest BCUT2D eigenvalue weighted by Crippen LogP contribution is 2.35. The number of sulfonamides is 1. The second-order valence-electron chi connectivity index (χ2n) is 8.72. The molecule has 1 fully saturated rings. The van der Waals surface area contributed by atoms with E-state index in [-0.39, 0.29) is 16.9 Å². The lowest BCUT2D eigenvalue weighted by Crippen LogP contribution is -2.37. The number of para-hydroxylation sites is 1. The van der Waals surface area contributed by atoms with Crippen molar-refractivity contribution in [3.8, 4) is 5.75 Å². The van der Waals surface area contributed by atoms with Gasteiger partial charge in [0.05, 0.1) is 28.9 Å². The monoisotopic (exact) mass is 571 g/mol. The lowest BCUT2D eigenvalue weighted by molar-refractivity contribution is 0.0917. The highest BCUT2D eigenvalue weighted by atomic mass is 35.5. The molecule has 3 aromatic carbocycles. The Morgan fingerprint density at radius 1 is 1.16 bits per heavy atom. The standard InChI is InChI=1S/C27H26ClN3O5S2/c1-2-35-23-6-3-7-24-25(23)29-27(37-24)31(17-21-5-4-16-36-21)26(32)18-8-12-20(13-9-18)30-38(33,34)22-14-10-19(28)11-15-22/h3,6-15,21,30H,2,4-5,16-17H2,1H3. The fraction of sp³-hybridized carbons (Fsp3) is 0.259. The van der Waals surface area contributed by atoms with E-state index in [0.29, 0.717) is 52.4 Å². The van der Waals surface area contributed by atoms with Gasteiger partial charge in [-0.25, -0.2) is 13.4 Å². The van der Waals surface area contributed by atoms with Gasteiger partial charge in [-0.3, -0.25) is 14.4 Å². The number of ether oxygens (including phenoxy) is 2. The Labute approximate surface area is 230 Å². The molecule has 1 saturated heterocycles. The first-order valence-corrected chi connectivity index (χ1v) is 14.9. The van der Waals surface area contributed by atoms with Crippen molar-refractivity contribution in [1.29, 1.82) is 0 Å². The van der Waals surface area contributed by atoms with Crippen LogP contribution in [-0.4, -0.2) is 45.2 Å². The van der Waals surface area contributed by atoms with Gasteiger partial charge in [-0.05, 0) is 80.4 Å². The summed E-state index contributed by atoms with van der Waals surface area (Å²) in [5.41, 5.74) is 1.46. The van der Waals surface area contributed by atoms with E-state index in [9.17, 15) is 13.2 Å². The zero-order chi connectivity index (χ0) is 26.7. The fourth-order valence-electron chi connectivity index (χ4n) is 4.20. The van der Waals surface area contributed by atoms with E-state index >= 15 is 0 Å². The molecule has 8 nitrogen and oxygen atoms in total. The minimum atomic E-state index is -3.80. The molecule has 0 saturated carbocycles. The molecule has 0 bridgehead atoms. The number of thiazole rings is 1. The Balaban J connectivity index is 1.41. The van der Waals surface area contributed by atoms with Crippen LogP contribution in [-0.2, 0) is 14.8 Å². The fourth-order valence-corrected chi connectivity index (χ4v) is 6.38. The van der Waals surface area contributed by atoms with E-state index in [1.165, 1.54) is 35.6 Å². The number of anilines is 2. The van der Waals surface area contributed by atoms with Crippen LogP contribution in [0.3, 0.4) is 0 Å². The Kier molecular flexibility index (Phi) is 7.85. The molecule has 1 unspecified atom stereocenters. The van der Waals surface area contributed by atoms with Crippen molar-refractivity contribution in [1.82, 2.24) is 4.98 Å². The number of rotatable bonds is 9. The topological polar surface area (TPSA) is 97.8 Å². The van der Waals surface area contributed by atoms with Crippen molar-refractivity contribution in [2.24, 2.45) is 0 Å². The molecule has 1 aromatic heterocycles. The SMILES string of the molecule is CCOc1cccc2sc(N(CC3CCCO3)C(=O)c3ccc(NS(=O)(=O)c4ccc(Cl)cc4)cc3)nc12. The van der Waals surface area contributed by atoms with Crippen molar-refractivity contribution >= 4 is 59.9 Å². The molecule has 0 radical (unpaired) electrons. The van der Waals surface area contributed by atoms with Gasteiger partial charge in [0.2, 0.25) is 0 Å². The van der Waals surface area contributed by atoms with Crippen LogP contribution in [0.2, 0.25) is 5.02 Å². The number of carbonyl (C=O) groups is 1. The molecule has 198 valence electrons. The second-order valence-corrected chi connectivity index (χ2v) is 11.8. The first-order valence-electron chi connectivity index (χ1n) is 12.2. The van der Waals surface area contributed by atoms with Crippen LogP contribution in [0.15, 0.2) is 71.6 Å². The van der Waals surface area contributed by atoms with Gasteiger partial charge in [0.25, 0.3) is 15.9 Å². The Morgan fingerprint density at radius 2 is 1.92 bits per heavy atom. The van der Waals surface area contributed by atoms with Crippen molar-refractivity contribution in [3.05, 3.63) is 77.3 Å². The van der Waals surface area contributed by atoms with E-state index in [0.717, 1.165) is 17.5 Å². The molecule has 0 aliphatic carbocycles. The minimum Gasteiger partial charge on any atom is -0.492 e. The number of carbonyl (C=O) groups excluding carboxylic acids is 1. The van der Waals surface area contributed by atoms with E-state index in [4.69, 9.17) is 26.1 Å². The second kappa shape index (κ2) is 11.3. The Hall–Kier alpha value is -3.18. The highest BCUT2D eigenvalue weighted by Gasteiger charge is 2.27. The van der Waals surface area contributed by atoms with Gasteiger partial charge in [0.15, 0.2) is 5.13 Å². The molecule has 1 amide bonds. The maximum atomic E-state index is 13.7. The molecular weight excluding hydrogens is 546 g/mol. The Morgan fingerprint density at radius 3 is 2.61 bits per heavy atom. The number of fused-ring (bicyclic) bond motifs is 1. The molecule has 1 N–H and O–H groups in total. The van der Waals surface area contributed by atoms with Crippen LogP contribution in [0.25, 0.3) is 10.2 Å². The summed E-state index contributed by atoms with van der Waals surface area (Å²) in [6.07, 6.45) is 1.73. The molecule has 1 atom stereocenters. The number of benzene rings is 3. The summed E-state index contributed by atoms with van der Waals surface area (Å²) in [6.45, 7) is 3.47. The number of amides is 1. The summed E-state index contributed by atoms with van der Waals surface area (Å²) >= 11 is 7.29. The lowest BCUT2D eigenvalue weighted by atomic mass is 10.1. The normalized spacial score (nSPS) is 15.5. The molecule has 4 aromatic rings. The zero-order valence-electron chi connectivity index (χ0n) is 20.6. The zero-order valence-corrected chi connectivity index (χ0v) is 23.0. The van der Waals surface area contributed by atoms with Gasteiger partial charge < -0.3 is 9.47 Å². The quantitative estimate of drug-likeness (QED) is 0.266. The number of nitrogens with one attached hydrogen (secondary N) is 1. The van der Waals surface area contributed by atoms with Gasteiger partial charge in [0.1, 0.15) is 11.3 Å². The summed E-state index contributed by atoms with van der Waals surface area (Å²) in [5, 5.41) is 1.00. The summed E-state index contributed by atoms with van der Waals surface area (Å²) < 4.78 is 40.4. The molecule has 0 spiro atoms. The summed E-state index contributed by atoms with van der Waals surface area (Å²) in [7, 11) is -3.80. The molecule has 2 heterocycles. The summed E-state index contributed by atoms with van der Waals surface area (Å²) in [6, 6.07) is 18.0. The first kappa shape index (κ1) is 26.4. The van der Waals surface area contributed by atoms with Crippen LogP contribution in [0.5, 0.6) is 5.75 Å². The van der Waals surface area contributed by atoms with Crippen LogP contribution in [0, 0.1) is 0 Å². The molecule has 38 heavy (non-hydrogen) atoms. The number of nitrogens with zero attached hydrogens (tertiary/aromatic N) is 2. The molecule has 1 aliphatic rings. The highest BCUT2D eigenvalue weighted by molar-refractivity contribution is 7.92. The van der Waals surface area contributed by atoms with Crippen LogP contribution < -0.4 is 14.4 Å². The van der Waals surface area contributed by atoms with Crippen molar-refractivity contribution in [2.45, 2.75) is 30.8 Å². The first-order chi connectivity index (χ1) is 18.3. The van der Waals surface area contributed by atoms with Gasteiger partial charge in [0, 0.05) is 22.9 Å². The number of hydrogen-bond donors (Lipinski definition) is 1. The molecule has 5 rings (SSSR count). The predicted octanol–water partition coefficient (Wildman–Crippen LogP) is 5.98. The van der Waals surface area contributed by atoms with E-state index < -0.39 is 10.0 Å².